The Morgan fingerprint density at radius 3 is 2.26 bits per heavy atom. The number of amides is 2. The molecule has 2 amide bonds. The first-order chi connectivity index (χ1) is 8.97. The standard InChI is InChI=1S/C12H22N2O5/c1-8(4-11(15)16)5-13-12(17)14-6-9(18-2)10(7-14)19-3/h8-10H,4-7H2,1-3H3,(H,13,17)(H,15,16). The lowest BCUT2D eigenvalue weighted by Crippen LogP contribution is -2.41. The largest absolute Gasteiger partial charge is 0.481 e. The summed E-state index contributed by atoms with van der Waals surface area (Å²) in [7, 11) is 3.18. The van der Waals surface area contributed by atoms with E-state index in [0.29, 0.717) is 19.6 Å². The molecular formula is C12H22N2O5. The number of carbonyl (C=O) groups is 2. The third-order valence-corrected chi connectivity index (χ3v) is 3.23. The molecule has 1 rings (SSSR count). The van der Waals surface area contributed by atoms with Gasteiger partial charge in [-0.05, 0) is 5.92 Å². The molecule has 0 aliphatic carbocycles. The molecule has 3 unspecified atom stereocenters. The number of aliphatic carboxylic acids is 1. The van der Waals surface area contributed by atoms with E-state index in [4.69, 9.17) is 14.6 Å². The van der Waals surface area contributed by atoms with Crippen LogP contribution in [0.1, 0.15) is 13.3 Å². The van der Waals surface area contributed by atoms with Crippen LogP contribution in [-0.2, 0) is 14.3 Å². The van der Waals surface area contributed by atoms with Crippen molar-refractivity contribution < 1.29 is 24.2 Å². The second-order valence-corrected chi connectivity index (χ2v) is 4.84. The molecule has 1 saturated heterocycles. The van der Waals surface area contributed by atoms with Crippen LogP contribution in [0.5, 0.6) is 0 Å². The Labute approximate surface area is 112 Å². The highest BCUT2D eigenvalue weighted by molar-refractivity contribution is 5.74. The average Bonchev–Trinajstić information content (AvgIpc) is 2.78. The summed E-state index contributed by atoms with van der Waals surface area (Å²) in [5.41, 5.74) is 0. The first-order valence-electron chi connectivity index (χ1n) is 6.28. The van der Waals surface area contributed by atoms with Crippen LogP contribution in [0.3, 0.4) is 0 Å². The van der Waals surface area contributed by atoms with Crippen LogP contribution >= 0.6 is 0 Å². The van der Waals surface area contributed by atoms with Crippen molar-refractivity contribution in [3.63, 3.8) is 0 Å². The minimum atomic E-state index is -0.859. The maximum Gasteiger partial charge on any atom is 0.317 e. The summed E-state index contributed by atoms with van der Waals surface area (Å²) in [6, 6.07) is -0.209. The third kappa shape index (κ3) is 4.68. The van der Waals surface area contributed by atoms with Crippen molar-refractivity contribution in [2.75, 3.05) is 33.9 Å². The molecule has 1 heterocycles. The fourth-order valence-corrected chi connectivity index (χ4v) is 2.11. The van der Waals surface area contributed by atoms with Gasteiger partial charge >= 0.3 is 12.0 Å². The van der Waals surface area contributed by atoms with Gasteiger partial charge in [-0.2, -0.15) is 0 Å². The van der Waals surface area contributed by atoms with Gasteiger partial charge in [-0.25, -0.2) is 4.79 Å². The van der Waals surface area contributed by atoms with Crippen LogP contribution in [0, 0.1) is 5.92 Å². The second-order valence-electron chi connectivity index (χ2n) is 4.84. The van der Waals surface area contributed by atoms with E-state index in [-0.39, 0.29) is 30.6 Å². The Hall–Kier alpha value is -1.34. The molecule has 0 saturated carbocycles. The van der Waals surface area contributed by atoms with E-state index in [2.05, 4.69) is 5.32 Å². The Kier molecular flexibility index (Phi) is 6.04. The fourth-order valence-electron chi connectivity index (χ4n) is 2.11. The molecule has 1 aliphatic rings. The summed E-state index contributed by atoms with van der Waals surface area (Å²) >= 11 is 0. The molecule has 0 radical (unpaired) electrons. The van der Waals surface area contributed by atoms with E-state index in [1.54, 1.807) is 26.0 Å². The molecule has 2 N–H and O–H groups in total. The predicted octanol–water partition coefficient (Wildman–Crippen LogP) is 0.152. The molecular weight excluding hydrogens is 252 g/mol. The van der Waals surface area contributed by atoms with E-state index in [0.717, 1.165) is 0 Å². The van der Waals surface area contributed by atoms with Crippen LogP contribution in [-0.4, -0.2) is 68.1 Å². The Bertz CT molecular complexity index is 311. The van der Waals surface area contributed by atoms with Gasteiger partial charge in [0.1, 0.15) is 12.2 Å². The number of hydrogen-bond donors (Lipinski definition) is 2. The number of hydrogen-bond acceptors (Lipinski definition) is 4. The topological polar surface area (TPSA) is 88.1 Å². The van der Waals surface area contributed by atoms with Crippen LogP contribution in [0.2, 0.25) is 0 Å². The Morgan fingerprint density at radius 2 is 1.84 bits per heavy atom. The van der Waals surface area contributed by atoms with Gasteiger partial charge in [0.2, 0.25) is 0 Å². The molecule has 7 heteroatoms. The minimum Gasteiger partial charge on any atom is -0.481 e. The van der Waals surface area contributed by atoms with Crippen molar-refractivity contribution in [1.82, 2.24) is 10.2 Å². The zero-order valence-electron chi connectivity index (χ0n) is 11.6. The van der Waals surface area contributed by atoms with Crippen LogP contribution in [0.25, 0.3) is 0 Å². The first-order valence-corrected chi connectivity index (χ1v) is 6.28. The van der Waals surface area contributed by atoms with Gasteiger partial charge in [-0.3, -0.25) is 4.79 Å². The van der Waals surface area contributed by atoms with Gasteiger partial charge in [0.15, 0.2) is 0 Å². The van der Waals surface area contributed by atoms with Gasteiger partial charge in [0, 0.05) is 27.2 Å². The van der Waals surface area contributed by atoms with Crippen molar-refractivity contribution in [2.45, 2.75) is 25.6 Å². The summed E-state index contributed by atoms with van der Waals surface area (Å²) in [6.07, 6.45) is -0.193. The van der Waals surface area contributed by atoms with Gasteiger partial charge in [0.25, 0.3) is 0 Å². The summed E-state index contributed by atoms with van der Waals surface area (Å²) < 4.78 is 10.5. The van der Waals surface area contributed by atoms with Crippen molar-refractivity contribution in [2.24, 2.45) is 5.92 Å². The second kappa shape index (κ2) is 7.30. The fraction of sp³-hybridized carbons (Fsp3) is 0.833. The Morgan fingerprint density at radius 1 is 1.32 bits per heavy atom. The smallest absolute Gasteiger partial charge is 0.317 e. The highest BCUT2D eigenvalue weighted by Crippen LogP contribution is 2.15. The zero-order valence-corrected chi connectivity index (χ0v) is 11.6. The molecule has 110 valence electrons. The van der Waals surface area contributed by atoms with E-state index < -0.39 is 5.97 Å². The molecule has 3 atom stereocenters. The van der Waals surface area contributed by atoms with Crippen LogP contribution in [0.4, 0.5) is 4.79 Å². The van der Waals surface area contributed by atoms with Gasteiger partial charge in [0.05, 0.1) is 13.1 Å². The van der Waals surface area contributed by atoms with Gasteiger partial charge < -0.3 is 24.8 Å². The quantitative estimate of drug-likeness (QED) is 0.720. The van der Waals surface area contributed by atoms with E-state index >= 15 is 0 Å². The van der Waals surface area contributed by atoms with Gasteiger partial charge in [-0.15, -0.1) is 0 Å². The normalized spacial score (nSPS) is 24.3. The van der Waals surface area contributed by atoms with Crippen molar-refractivity contribution >= 4 is 12.0 Å². The monoisotopic (exact) mass is 274 g/mol. The van der Waals surface area contributed by atoms with E-state index in [1.165, 1.54) is 0 Å². The van der Waals surface area contributed by atoms with Crippen molar-refractivity contribution in [3.8, 4) is 0 Å². The number of methoxy groups -OCH3 is 2. The van der Waals surface area contributed by atoms with Crippen LogP contribution in [0.15, 0.2) is 0 Å². The van der Waals surface area contributed by atoms with E-state index in [1.807, 2.05) is 0 Å². The predicted molar refractivity (Wildman–Crippen MR) is 68.0 cm³/mol. The molecule has 0 aromatic carbocycles. The molecule has 19 heavy (non-hydrogen) atoms. The number of nitrogens with one attached hydrogen (secondary N) is 1. The number of likely N-dealkylation sites (tertiary alicyclic amines) is 1. The molecule has 1 fully saturated rings. The summed E-state index contributed by atoms with van der Waals surface area (Å²) in [5, 5.41) is 11.4. The SMILES string of the molecule is COC1CN(C(=O)NCC(C)CC(=O)O)CC1OC. The highest BCUT2D eigenvalue weighted by atomic mass is 16.5. The number of ether oxygens (including phenoxy) is 2. The number of urea groups is 1. The number of carbonyl (C=O) groups excluding carboxylic acids is 1. The molecule has 0 spiro atoms. The lowest BCUT2D eigenvalue weighted by Gasteiger charge is -2.18. The number of carboxylic acid groups (broad SMARTS) is 1. The maximum atomic E-state index is 11.9. The number of carboxylic acids is 1. The summed E-state index contributed by atoms with van der Waals surface area (Å²) in [4.78, 5) is 24.1. The molecule has 0 aromatic rings. The highest BCUT2D eigenvalue weighted by Gasteiger charge is 2.35. The lowest BCUT2D eigenvalue weighted by atomic mass is 10.1. The lowest BCUT2D eigenvalue weighted by molar-refractivity contribution is -0.137. The van der Waals surface area contributed by atoms with Gasteiger partial charge in [-0.1, -0.05) is 6.92 Å². The maximum absolute atomic E-state index is 11.9. The molecule has 7 nitrogen and oxygen atoms in total. The molecule has 0 aromatic heterocycles. The number of rotatable bonds is 6. The van der Waals surface area contributed by atoms with E-state index in [9.17, 15) is 9.59 Å². The average molecular weight is 274 g/mol. The zero-order chi connectivity index (χ0) is 14.4. The van der Waals surface area contributed by atoms with Crippen molar-refractivity contribution in [1.29, 1.82) is 0 Å². The Balaban J connectivity index is 2.36. The number of nitrogens with zero attached hydrogens (tertiary/aromatic N) is 1. The first kappa shape index (κ1) is 15.7. The minimum absolute atomic E-state index is 0.0433. The van der Waals surface area contributed by atoms with Crippen molar-refractivity contribution in [3.05, 3.63) is 0 Å². The molecule has 1 aliphatic heterocycles. The van der Waals surface area contributed by atoms with Crippen LogP contribution < -0.4 is 5.32 Å². The summed E-state index contributed by atoms with van der Waals surface area (Å²) in [6.45, 7) is 3.09. The molecule has 0 bridgehead atoms. The summed E-state index contributed by atoms with van der Waals surface area (Å²) in [5.74, 6) is -0.956. The third-order valence-electron chi connectivity index (χ3n) is 3.23.